The molecule has 0 aliphatic rings. The topological polar surface area (TPSA) is 12.0 Å². The van der Waals surface area contributed by atoms with E-state index in [0.29, 0.717) is 12.2 Å². The minimum atomic E-state index is -4.39. The smallest absolute Gasteiger partial charge is 0.381 e. The van der Waals surface area contributed by atoms with Gasteiger partial charge in [0.1, 0.15) is 0 Å². The molecule has 0 unspecified atom stereocenters. The van der Waals surface area contributed by atoms with Crippen molar-refractivity contribution in [2.45, 2.75) is 19.5 Å². The van der Waals surface area contributed by atoms with Gasteiger partial charge in [-0.3, -0.25) is 0 Å². The highest BCUT2D eigenvalue weighted by Gasteiger charge is 2.31. The van der Waals surface area contributed by atoms with Crippen molar-refractivity contribution < 1.29 is 13.2 Å². The van der Waals surface area contributed by atoms with Crippen LogP contribution in [0.25, 0.3) is 0 Å². The number of hydrogen-bond donors (Lipinski definition) is 1. The van der Waals surface area contributed by atoms with Gasteiger partial charge in [0, 0.05) is 17.3 Å². The molecule has 0 atom stereocenters. The molecule has 0 saturated heterocycles. The molecule has 0 fully saturated rings. The lowest BCUT2D eigenvalue weighted by Gasteiger charge is -2.12. The number of hydrogen-bond acceptors (Lipinski definition) is 1. The van der Waals surface area contributed by atoms with E-state index in [1.54, 1.807) is 0 Å². The molecule has 1 aromatic carbocycles. The predicted molar refractivity (Wildman–Crippen MR) is 64.4 cm³/mol. The molecule has 0 amide bonds. The van der Waals surface area contributed by atoms with Crippen LogP contribution in [-0.4, -0.2) is 6.54 Å². The van der Waals surface area contributed by atoms with Crippen LogP contribution < -0.4 is 5.32 Å². The van der Waals surface area contributed by atoms with E-state index in [1.165, 1.54) is 6.07 Å². The summed E-state index contributed by atoms with van der Waals surface area (Å²) in [6.07, 6.45) is -3.61. The number of anilines is 1. The molecule has 0 bridgehead atoms. The fourth-order valence-corrected chi connectivity index (χ4v) is 1.44. The minimum absolute atomic E-state index is 0.0597. The molecule has 0 heterocycles. The van der Waals surface area contributed by atoms with Gasteiger partial charge in [-0.15, -0.1) is 0 Å². The molecular weight excluding hydrogens is 251 g/mol. The molecule has 0 aliphatic carbocycles. The summed E-state index contributed by atoms with van der Waals surface area (Å²) < 4.78 is 37.5. The van der Waals surface area contributed by atoms with Crippen molar-refractivity contribution in [3.63, 3.8) is 0 Å². The van der Waals surface area contributed by atoms with Gasteiger partial charge < -0.3 is 5.32 Å². The number of rotatable bonds is 4. The summed E-state index contributed by atoms with van der Waals surface area (Å²) in [5.74, 6) is 0. The average molecular weight is 264 g/mol. The van der Waals surface area contributed by atoms with E-state index in [9.17, 15) is 13.2 Å². The van der Waals surface area contributed by atoms with Crippen LogP contribution in [0.5, 0.6) is 0 Å². The molecule has 0 aromatic heterocycles. The van der Waals surface area contributed by atoms with Gasteiger partial charge in [-0.2, -0.15) is 13.2 Å². The second-order valence-electron chi connectivity index (χ2n) is 3.68. The molecule has 0 spiro atoms. The molecule has 1 rings (SSSR count). The Bertz CT molecular complexity index is 413. The summed E-state index contributed by atoms with van der Waals surface area (Å²) in [7, 11) is 0. The first kappa shape index (κ1) is 13.9. The van der Waals surface area contributed by atoms with Crippen molar-refractivity contribution in [1.29, 1.82) is 0 Å². The van der Waals surface area contributed by atoms with Crippen LogP contribution in [0.4, 0.5) is 18.9 Å². The highest BCUT2D eigenvalue weighted by molar-refractivity contribution is 6.30. The summed E-state index contributed by atoms with van der Waals surface area (Å²) in [5.41, 5.74) is 0.507. The van der Waals surface area contributed by atoms with E-state index >= 15 is 0 Å². The van der Waals surface area contributed by atoms with Crippen LogP contribution in [0.2, 0.25) is 5.02 Å². The van der Waals surface area contributed by atoms with Crippen molar-refractivity contribution >= 4 is 17.3 Å². The van der Waals surface area contributed by atoms with Crippen LogP contribution in [0.3, 0.4) is 0 Å². The van der Waals surface area contributed by atoms with E-state index in [0.717, 1.165) is 24.1 Å². The van der Waals surface area contributed by atoms with Gasteiger partial charge in [-0.05, 0) is 24.6 Å². The van der Waals surface area contributed by atoms with Crippen molar-refractivity contribution in [1.82, 2.24) is 0 Å². The van der Waals surface area contributed by atoms with Crippen molar-refractivity contribution in [2.24, 2.45) is 0 Å². The van der Waals surface area contributed by atoms with E-state index in [4.69, 9.17) is 11.6 Å². The molecular formula is C12H13ClF3N. The lowest BCUT2D eigenvalue weighted by molar-refractivity contribution is -0.137. The van der Waals surface area contributed by atoms with Gasteiger partial charge in [0.05, 0.1) is 5.56 Å². The molecule has 0 aliphatic heterocycles. The third-order valence-corrected chi connectivity index (χ3v) is 2.49. The van der Waals surface area contributed by atoms with Gasteiger partial charge in [0.25, 0.3) is 0 Å². The second kappa shape index (κ2) is 5.45. The Hall–Kier alpha value is -1.16. The summed E-state index contributed by atoms with van der Waals surface area (Å²) in [6.45, 7) is 6.14. The molecule has 0 saturated carbocycles. The van der Waals surface area contributed by atoms with Crippen molar-refractivity contribution in [3.8, 4) is 0 Å². The van der Waals surface area contributed by atoms with Crippen LogP contribution >= 0.6 is 11.6 Å². The lowest BCUT2D eigenvalue weighted by atomic mass is 10.2. The SMILES string of the molecule is C=C(CC)CNc1cc(Cl)cc(C(F)(F)F)c1. The third-order valence-electron chi connectivity index (χ3n) is 2.27. The van der Waals surface area contributed by atoms with Crippen molar-refractivity contribution in [3.05, 3.63) is 40.9 Å². The Morgan fingerprint density at radius 1 is 1.35 bits per heavy atom. The number of halogens is 4. The zero-order chi connectivity index (χ0) is 13.1. The lowest BCUT2D eigenvalue weighted by Crippen LogP contribution is -2.08. The Morgan fingerprint density at radius 3 is 2.53 bits per heavy atom. The van der Waals surface area contributed by atoms with Crippen molar-refractivity contribution in [2.75, 3.05) is 11.9 Å². The van der Waals surface area contributed by atoms with Crippen LogP contribution in [-0.2, 0) is 6.18 Å². The van der Waals surface area contributed by atoms with Gasteiger partial charge in [-0.1, -0.05) is 30.7 Å². The monoisotopic (exact) mass is 263 g/mol. The van der Waals surface area contributed by atoms with E-state index < -0.39 is 11.7 Å². The Morgan fingerprint density at radius 2 is 2.00 bits per heavy atom. The predicted octanol–water partition coefficient (Wildman–Crippen LogP) is 4.74. The fourth-order valence-electron chi connectivity index (χ4n) is 1.21. The summed E-state index contributed by atoms with van der Waals surface area (Å²) in [4.78, 5) is 0. The van der Waals surface area contributed by atoms with E-state index in [-0.39, 0.29) is 5.02 Å². The number of benzene rings is 1. The standard InChI is InChI=1S/C12H13ClF3N/c1-3-8(2)7-17-11-5-9(12(14,15)16)4-10(13)6-11/h4-6,17H,2-3,7H2,1H3. The van der Waals surface area contributed by atoms with E-state index in [2.05, 4.69) is 11.9 Å². The first-order valence-electron chi connectivity index (χ1n) is 5.11. The molecule has 1 nitrogen and oxygen atoms in total. The van der Waals surface area contributed by atoms with Crippen LogP contribution in [0, 0.1) is 0 Å². The van der Waals surface area contributed by atoms with Gasteiger partial charge >= 0.3 is 6.18 Å². The first-order chi connectivity index (χ1) is 7.82. The van der Waals surface area contributed by atoms with Gasteiger partial charge in [-0.25, -0.2) is 0 Å². The van der Waals surface area contributed by atoms with Gasteiger partial charge in [0.2, 0.25) is 0 Å². The fraction of sp³-hybridized carbons (Fsp3) is 0.333. The quantitative estimate of drug-likeness (QED) is 0.774. The normalized spacial score (nSPS) is 11.4. The Balaban J connectivity index is 2.87. The van der Waals surface area contributed by atoms with Gasteiger partial charge in [0.15, 0.2) is 0 Å². The Kier molecular flexibility index (Phi) is 4.46. The summed E-state index contributed by atoms with van der Waals surface area (Å²) >= 11 is 5.64. The zero-order valence-electron chi connectivity index (χ0n) is 9.37. The summed E-state index contributed by atoms with van der Waals surface area (Å²) in [5, 5.41) is 2.92. The Labute approximate surface area is 103 Å². The number of nitrogens with one attached hydrogen (secondary N) is 1. The molecule has 0 radical (unpaired) electrons. The molecule has 1 N–H and O–H groups in total. The molecule has 1 aromatic rings. The second-order valence-corrected chi connectivity index (χ2v) is 4.12. The molecule has 5 heteroatoms. The zero-order valence-corrected chi connectivity index (χ0v) is 10.1. The molecule has 94 valence electrons. The largest absolute Gasteiger partial charge is 0.416 e. The average Bonchev–Trinajstić information content (AvgIpc) is 2.24. The minimum Gasteiger partial charge on any atom is -0.381 e. The highest BCUT2D eigenvalue weighted by Crippen LogP contribution is 2.33. The maximum absolute atomic E-state index is 12.5. The maximum atomic E-state index is 12.5. The summed E-state index contributed by atoms with van der Waals surface area (Å²) in [6, 6.07) is 3.40. The van der Waals surface area contributed by atoms with E-state index in [1.807, 2.05) is 6.92 Å². The van der Waals surface area contributed by atoms with Crippen LogP contribution in [0.1, 0.15) is 18.9 Å². The molecule has 17 heavy (non-hydrogen) atoms. The maximum Gasteiger partial charge on any atom is 0.416 e. The highest BCUT2D eigenvalue weighted by atomic mass is 35.5. The third kappa shape index (κ3) is 4.30. The number of alkyl halides is 3. The first-order valence-corrected chi connectivity index (χ1v) is 5.49. The van der Waals surface area contributed by atoms with Crippen LogP contribution in [0.15, 0.2) is 30.4 Å².